The van der Waals surface area contributed by atoms with E-state index in [9.17, 15) is 32.7 Å². The number of hydrogen-bond donors (Lipinski definition) is 3. The number of carbonyl (C=O) groups excluding carboxylic acids is 1. The first-order valence-electron chi connectivity index (χ1n) is 11.2. The number of aromatic hydroxyl groups is 1. The summed E-state index contributed by atoms with van der Waals surface area (Å²) in [6, 6.07) is 5.99. The van der Waals surface area contributed by atoms with Crippen molar-refractivity contribution in [3.63, 3.8) is 0 Å². The predicted octanol–water partition coefficient (Wildman–Crippen LogP) is 6.10. The summed E-state index contributed by atoms with van der Waals surface area (Å²) in [5.41, 5.74) is 0.413. The van der Waals surface area contributed by atoms with E-state index in [1.165, 1.54) is 25.3 Å². The second kappa shape index (κ2) is 12.2. The Bertz CT molecular complexity index is 1230. The first-order chi connectivity index (χ1) is 16.8. The van der Waals surface area contributed by atoms with Crippen molar-refractivity contribution < 1.29 is 37.4 Å². The number of rotatable bonds is 10. The Morgan fingerprint density at radius 3 is 2.50 bits per heavy atom. The molecule has 0 radical (unpaired) electrons. The van der Waals surface area contributed by atoms with Gasteiger partial charge in [0.1, 0.15) is 17.1 Å². The average Bonchev–Trinajstić information content (AvgIpc) is 2.77. The molecule has 2 aromatic rings. The van der Waals surface area contributed by atoms with Gasteiger partial charge in [0.25, 0.3) is 0 Å². The zero-order valence-corrected chi connectivity index (χ0v) is 20.1. The predicted molar refractivity (Wildman–Crippen MR) is 128 cm³/mol. The van der Waals surface area contributed by atoms with Crippen molar-refractivity contribution in [3.05, 3.63) is 80.5 Å². The topological polar surface area (TPSA) is 117 Å². The van der Waals surface area contributed by atoms with Gasteiger partial charge in [0, 0.05) is 24.6 Å². The number of carboxylic acid groups (broad SMARTS) is 1. The van der Waals surface area contributed by atoms with Crippen LogP contribution in [0.5, 0.6) is 5.75 Å². The molecule has 36 heavy (non-hydrogen) atoms. The number of ketones is 1. The van der Waals surface area contributed by atoms with Gasteiger partial charge in [-0.25, -0.2) is 9.59 Å². The summed E-state index contributed by atoms with van der Waals surface area (Å²) in [7, 11) is 0. The molecule has 10 heteroatoms. The van der Waals surface area contributed by atoms with E-state index >= 15 is 0 Å². The summed E-state index contributed by atoms with van der Waals surface area (Å²) in [5.74, 6) is -1.37. The largest absolute Gasteiger partial charge is 0.507 e. The molecule has 1 heterocycles. The Morgan fingerprint density at radius 1 is 1.22 bits per heavy atom. The van der Waals surface area contributed by atoms with Crippen LogP contribution in [0.1, 0.15) is 71.8 Å². The van der Waals surface area contributed by atoms with Crippen molar-refractivity contribution in [2.24, 2.45) is 0 Å². The summed E-state index contributed by atoms with van der Waals surface area (Å²) < 4.78 is 42.7. The summed E-state index contributed by atoms with van der Waals surface area (Å²) in [4.78, 5) is 35.8. The minimum Gasteiger partial charge on any atom is -0.507 e. The normalized spacial score (nSPS) is 13.1. The maximum atomic E-state index is 12.9. The molecule has 0 bridgehead atoms. The Kier molecular flexibility index (Phi) is 9.66. The number of carbonyl (C=O) groups is 2. The molecule has 0 saturated heterocycles. The molecule has 3 N–H and O–H groups in total. The molecule has 0 fully saturated rings. The molecule has 0 spiro atoms. The monoisotopic (exact) mass is 507 g/mol. The fraction of sp³-hybridized carbons (Fsp3) is 0.346. The van der Waals surface area contributed by atoms with Gasteiger partial charge in [0.15, 0.2) is 5.78 Å². The molecule has 2 rings (SSSR count). The number of Topliss-reactive ketones (excluding diaryl/α,β-unsaturated/α-hetero) is 1. The quantitative estimate of drug-likeness (QED) is 0.264. The number of nitrogens with one attached hydrogen (secondary N) is 1. The molecule has 0 aliphatic rings. The number of amides is 1. The maximum Gasteiger partial charge on any atom is 0.408 e. The second-order valence-electron chi connectivity index (χ2n) is 8.49. The lowest BCUT2D eigenvalue weighted by Gasteiger charge is -2.11. The molecule has 7 nitrogen and oxygen atoms in total. The fourth-order valence-electron chi connectivity index (χ4n) is 3.49. The van der Waals surface area contributed by atoms with Gasteiger partial charge in [-0.15, -0.1) is 0 Å². The molecule has 1 amide bonds. The van der Waals surface area contributed by atoms with E-state index in [4.69, 9.17) is 9.52 Å². The van der Waals surface area contributed by atoms with Crippen molar-refractivity contribution in [1.82, 2.24) is 5.32 Å². The SMILES string of the molecule is CC(=Cc1ccc(CCC(F)(F)F)cc1C)C(=O)c1c(O)cc(C(C)CC/C=C/NC(=O)O)oc1=O. The van der Waals surface area contributed by atoms with Crippen molar-refractivity contribution in [3.8, 4) is 5.75 Å². The molecular formula is C26H28F3NO6. The van der Waals surface area contributed by atoms with E-state index in [0.717, 1.165) is 0 Å². The van der Waals surface area contributed by atoms with Crippen LogP contribution >= 0.6 is 0 Å². The Balaban J connectivity index is 2.16. The van der Waals surface area contributed by atoms with E-state index in [2.05, 4.69) is 5.32 Å². The number of alkyl halides is 3. The van der Waals surface area contributed by atoms with Gasteiger partial charge in [-0.05, 0) is 61.4 Å². The van der Waals surface area contributed by atoms with Crippen LogP contribution in [0.2, 0.25) is 0 Å². The Morgan fingerprint density at radius 2 is 1.92 bits per heavy atom. The summed E-state index contributed by atoms with van der Waals surface area (Å²) >= 11 is 0. The zero-order valence-electron chi connectivity index (χ0n) is 20.1. The van der Waals surface area contributed by atoms with Gasteiger partial charge in [-0.2, -0.15) is 13.2 Å². The lowest BCUT2D eigenvalue weighted by atomic mass is 9.97. The molecule has 1 aromatic heterocycles. The number of halogens is 3. The number of hydrogen-bond acceptors (Lipinski definition) is 5. The number of benzene rings is 1. The van der Waals surface area contributed by atoms with Crippen LogP contribution in [0.15, 0.2) is 51.3 Å². The standard InChI is InChI=1S/C26H28F3NO6/c1-15(6-4-5-11-30-25(34)35)21-14-20(31)22(24(33)36-21)23(32)17(3)13-19-8-7-18(12-16(19)2)9-10-26(27,28)29/h5,7-8,11-15,30-31H,4,6,9-10H2,1-3H3,(H,34,35)/b11-5+,17-13?. The molecule has 1 unspecified atom stereocenters. The van der Waals surface area contributed by atoms with Gasteiger partial charge in [0.2, 0.25) is 0 Å². The molecule has 194 valence electrons. The average molecular weight is 508 g/mol. The highest BCUT2D eigenvalue weighted by atomic mass is 19.4. The van der Waals surface area contributed by atoms with E-state index < -0.39 is 41.4 Å². The lowest BCUT2D eigenvalue weighted by molar-refractivity contribution is -0.134. The molecule has 1 aromatic carbocycles. The van der Waals surface area contributed by atoms with E-state index in [0.29, 0.717) is 29.5 Å². The van der Waals surface area contributed by atoms with Crippen LogP contribution in [0.3, 0.4) is 0 Å². The Hall–Kier alpha value is -3.82. The minimum absolute atomic E-state index is 0.139. The number of allylic oxidation sites excluding steroid dienone is 2. The maximum absolute atomic E-state index is 12.9. The van der Waals surface area contributed by atoms with Gasteiger partial charge in [-0.1, -0.05) is 31.2 Å². The van der Waals surface area contributed by atoms with Crippen molar-refractivity contribution >= 4 is 18.0 Å². The van der Waals surface area contributed by atoms with Crippen molar-refractivity contribution in [2.45, 2.75) is 58.5 Å². The van der Waals surface area contributed by atoms with Gasteiger partial charge in [0.05, 0.1) is 0 Å². The molecule has 0 saturated carbocycles. The molecule has 0 aliphatic carbocycles. The van der Waals surface area contributed by atoms with Gasteiger partial charge < -0.3 is 14.6 Å². The first kappa shape index (κ1) is 28.4. The van der Waals surface area contributed by atoms with E-state index in [-0.39, 0.29) is 23.7 Å². The summed E-state index contributed by atoms with van der Waals surface area (Å²) in [6.07, 6.45) is -1.18. The third-order valence-corrected chi connectivity index (χ3v) is 5.52. The highest BCUT2D eigenvalue weighted by molar-refractivity contribution is 6.12. The van der Waals surface area contributed by atoms with Crippen LogP contribution in [0, 0.1) is 6.92 Å². The van der Waals surface area contributed by atoms with Crippen LogP contribution in [0.25, 0.3) is 6.08 Å². The lowest BCUT2D eigenvalue weighted by Crippen LogP contribution is -2.16. The zero-order chi connectivity index (χ0) is 27.0. The smallest absolute Gasteiger partial charge is 0.408 e. The van der Waals surface area contributed by atoms with Crippen LogP contribution in [-0.4, -0.2) is 28.3 Å². The summed E-state index contributed by atoms with van der Waals surface area (Å²) in [5, 5.41) is 21.0. The van der Waals surface area contributed by atoms with Crippen LogP contribution in [0.4, 0.5) is 18.0 Å². The molecule has 1 atom stereocenters. The van der Waals surface area contributed by atoms with Crippen molar-refractivity contribution in [2.75, 3.05) is 0 Å². The van der Waals surface area contributed by atoms with Crippen LogP contribution in [-0.2, 0) is 6.42 Å². The fourth-order valence-corrected chi connectivity index (χ4v) is 3.49. The van der Waals surface area contributed by atoms with Crippen molar-refractivity contribution in [1.29, 1.82) is 0 Å². The second-order valence-corrected chi connectivity index (χ2v) is 8.49. The molecule has 0 aliphatic heterocycles. The van der Waals surface area contributed by atoms with Crippen LogP contribution < -0.4 is 10.9 Å². The third kappa shape index (κ3) is 8.44. The highest BCUT2D eigenvalue weighted by Crippen LogP contribution is 2.27. The van der Waals surface area contributed by atoms with E-state index in [1.807, 2.05) is 0 Å². The van der Waals surface area contributed by atoms with E-state index in [1.54, 1.807) is 38.1 Å². The van der Waals surface area contributed by atoms with Gasteiger partial charge in [-0.3, -0.25) is 10.1 Å². The van der Waals surface area contributed by atoms with Gasteiger partial charge >= 0.3 is 17.9 Å². The molecular weight excluding hydrogens is 479 g/mol. The third-order valence-electron chi connectivity index (χ3n) is 5.52. The minimum atomic E-state index is -4.25. The highest BCUT2D eigenvalue weighted by Gasteiger charge is 2.26. The first-order valence-corrected chi connectivity index (χ1v) is 11.2. The number of aryl methyl sites for hydroxylation is 2. The Labute approximate surface area is 206 Å². The summed E-state index contributed by atoms with van der Waals surface area (Å²) in [6.45, 7) is 4.92.